The molecule has 0 aliphatic heterocycles. The summed E-state index contributed by atoms with van der Waals surface area (Å²) in [6, 6.07) is 16.5. The van der Waals surface area contributed by atoms with E-state index in [0.29, 0.717) is 0 Å². The number of nitrogens with zero attached hydrogens (tertiary/aromatic N) is 2. The highest BCUT2D eigenvalue weighted by molar-refractivity contribution is 5.79. The van der Waals surface area contributed by atoms with Crippen LogP contribution >= 0.6 is 0 Å². The SMILES string of the molecule is Cc1ccc2nn(-c3ccccc3)cc2c1. The largest absolute Gasteiger partial charge is 0.240 e. The van der Waals surface area contributed by atoms with Crippen LogP contribution < -0.4 is 0 Å². The number of para-hydroxylation sites is 1. The van der Waals surface area contributed by atoms with Gasteiger partial charge in [0.25, 0.3) is 0 Å². The van der Waals surface area contributed by atoms with Crippen molar-refractivity contribution in [1.82, 2.24) is 9.78 Å². The van der Waals surface area contributed by atoms with Gasteiger partial charge in [-0.1, -0.05) is 29.8 Å². The lowest BCUT2D eigenvalue weighted by Crippen LogP contribution is -1.92. The standard InChI is InChI=1S/C14H12N2/c1-11-7-8-14-12(9-11)10-16(15-14)13-5-3-2-4-6-13/h2-10H,1H3. The molecular weight excluding hydrogens is 196 g/mol. The molecule has 2 heteroatoms. The summed E-state index contributed by atoms with van der Waals surface area (Å²) >= 11 is 0. The van der Waals surface area contributed by atoms with Gasteiger partial charge in [-0.3, -0.25) is 0 Å². The summed E-state index contributed by atoms with van der Waals surface area (Å²) in [5.74, 6) is 0. The molecule has 0 amide bonds. The quantitative estimate of drug-likeness (QED) is 0.599. The summed E-state index contributed by atoms with van der Waals surface area (Å²) in [5.41, 5.74) is 3.39. The fourth-order valence-electron chi connectivity index (χ4n) is 1.86. The fraction of sp³-hybridized carbons (Fsp3) is 0.0714. The van der Waals surface area contributed by atoms with Crippen LogP contribution in [0.1, 0.15) is 5.56 Å². The predicted octanol–water partition coefficient (Wildman–Crippen LogP) is 3.33. The Morgan fingerprint density at radius 1 is 1.00 bits per heavy atom. The van der Waals surface area contributed by atoms with Crippen molar-refractivity contribution in [3.05, 3.63) is 60.3 Å². The molecule has 1 heterocycles. The van der Waals surface area contributed by atoms with Crippen LogP contribution in [0, 0.1) is 6.92 Å². The van der Waals surface area contributed by atoms with E-state index in [1.54, 1.807) is 0 Å². The van der Waals surface area contributed by atoms with E-state index in [9.17, 15) is 0 Å². The Balaban J connectivity index is 2.19. The van der Waals surface area contributed by atoms with Gasteiger partial charge in [0.1, 0.15) is 0 Å². The van der Waals surface area contributed by atoms with Crippen LogP contribution in [0.4, 0.5) is 0 Å². The monoisotopic (exact) mass is 208 g/mol. The molecule has 78 valence electrons. The molecule has 0 saturated heterocycles. The zero-order chi connectivity index (χ0) is 11.0. The molecule has 2 aromatic carbocycles. The number of hydrogen-bond acceptors (Lipinski definition) is 1. The highest BCUT2D eigenvalue weighted by atomic mass is 15.3. The third kappa shape index (κ3) is 1.48. The second-order valence-corrected chi connectivity index (χ2v) is 3.97. The van der Waals surface area contributed by atoms with Gasteiger partial charge in [-0.25, -0.2) is 4.68 Å². The molecule has 16 heavy (non-hydrogen) atoms. The predicted molar refractivity (Wildman–Crippen MR) is 65.8 cm³/mol. The molecule has 0 atom stereocenters. The van der Waals surface area contributed by atoms with Crippen LogP contribution in [0.2, 0.25) is 0 Å². The van der Waals surface area contributed by atoms with Crippen molar-refractivity contribution in [2.24, 2.45) is 0 Å². The van der Waals surface area contributed by atoms with Crippen molar-refractivity contribution in [3.63, 3.8) is 0 Å². The number of rotatable bonds is 1. The van der Waals surface area contributed by atoms with Crippen LogP contribution in [0.3, 0.4) is 0 Å². The van der Waals surface area contributed by atoms with Crippen LogP contribution in [-0.2, 0) is 0 Å². The first kappa shape index (κ1) is 9.16. The van der Waals surface area contributed by atoms with Crippen molar-refractivity contribution in [2.75, 3.05) is 0 Å². The third-order valence-corrected chi connectivity index (χ3v) is 2.68. The van der Waals surface area contributed by atoms with E-state index in [1.807, 2.05) is 22.9 Å². The van der Waals surface area contributed by atoms with Crippen LogP contribution in [0.15, 0.2) is 54.7 Å². The molecule has 0 aliphatic carbocycles. The van der Waals surface area contributed by atoms with Crippen LogP contribution in [0.25, 0.3) is 16.6 Å². The van der Waals surface area contributed by atoms with Gasteiger partial charge in [0.15, 0.2) is 0 Å². The van der Waals surface area contributed by atoms with E-state index in [4.69, 9.17) is 0 Å². The molecule has 0 bridgehead atoms. The summed E-state index contributed by atoms with van der Waals surface area (Å²) in [6.07, 6.45) is 2.07. The molecule has 0 spiro atoms. The van der Waals surface area contributed by atoms with E-state index in [0.717, 1.165) is 11.2 Å². The van der Waals surface area contributed by atoms with Crippen molar-refractivity contribution in [2.45, 2.75) is 6.92 Å². The average Bonchev–Trinajstić information content (AvgIpc) is 2.73. The molecule has 0 unspecified atom stereocenters. The summed E-state index contributed by atoms with van der Waals surface area (Å²) in [4.78, 5) is 0. The second-order valence-electron chi connectivity index (χ2n) is 3.97. The lowest BCUT2D eigenvalue weighted by molar-refractivity contribution is 0.896. The first-order chi connectivity index (χ1) is 7.83. The van der Waals surface area contributed by atoms with Gasteiger partial charge in [0.2, 0.25) is 0 Å². The van der Waals surface area contributed by atoms with Gasteiger partial charge in [-0.2, -0.15) is 5.10 Å². The Labute approximate surface area is 94.1 Å². The maximum Gasteiger partial charge on any atom is 0.0927 e. The molecule has 3 aromatic rings. The number of benzene rings is 2. The van der Waals surface area contributed by atoms with Gasteiger partial charge in [-0.05, 0) is 31.2 Å². The minimum Gasteiger partial charge on any atom is -0.240 e. The summed E-state index contributed by atoms with van der Waals surface area (Å²) in [5, 5.41) is 5.72. The Hall–Kier alpha value is -2.09. The van der Waals surface area contributed by atoms with Crippen molar-refractivity contribution in [3.8, 4) is 5.69 Å². The van der Waals surface area contributed by atoms with E-state index in [2.05, 4.69) is 48.6 Å². The normalized spacial score (nSPS) is 10.8. The number of aromatic nitrogens is 2. The van der Waals surface area contributed by atoms with Crippen molar-refractivity contribution < 1.29 is 0 Å². The fourth-order valence-corrected chi connectivity index (χ4v) is 1.86. The van der Waals surface area contributed by atoms with Crippen molar-refractivity contribution in [1.29, 1.82) is 0 Å². The van der Waals surface area contributed by atoms with E-state index in [1.165, 1.54) is 10.9 Å². The molecule has 0 N–H and O–H groups in total. The minimum absolute atomic E-state index is 1.04. The molecular formula is C14H12N2. The van der Waals surface area contributed by atoms with Gasteiger partial charge in [0, 0.05) is 11.6 Å². The first-order valence-electron chi connectivity index (χ1n) is 5.34. The molecule has 0 saturated carbocycles. The molecule has 3 rings (SSSR count). The summed E-state index contributed by atoms with van der Waals surface area (Å²) in [6.45, 7) is 2.10. The van der Waals surface area contributed by atoms with E-state index >= 15 is 0 Å². The highest BCUT2D eigenvalue weighted by Crippen LogP contribution is 2.16. The second kappa shape index (κ2) is 3.49. The van der Waals surface area contributed by atoms with Crippen LogP contribution in [-0.4, -0.2) is 9.78 Å². The molecule has 2 nitrogen and oxygen atoms in total. The Bertz CT molecular complexity index is 624. The Morgan fingerprint density at radius 3 is 2.62 bits per heavy atom. The first-order valence-corrected chi connectivity index (χ1v) is 5.34. The number of fused-ring (bicyclic) bond motifs is 1. The lowest BCUT2D eigenvalue weighted by Gasteiger charge is -1.98. The smallest absolute Gasteiger partial charge is 0.0927 e. The van der Waals surface area contributed by atoms with E-state index < -0.39 is 0 Å². The zero-order valence-electron chi connectivity index (χ0n) is 9.09. The Kier molecular flexibility index (Phi) is 2.00. The molecule has 0 fully saturated rings. The molecule has 1 aromatic heterocycles. The minimum atomic E-state index is 1.04. The van der Waals surface area contributed by atoms with Gasteiger partial charge in [-0.15, -0.1) is 0 Å². The summed E-state index contributed by atoms with van der Waals surface area (Å²) < 4.78 is 1.92. The van der Waals surface area contributed by atoms with Crippen molar-refractivity contribution >= 4 is 10.9 Å². The topological polar surface area (TPSA) is 17.8 Å². The summed E-state index contributed by atoms with van der Waals surface area (Å²) in [7, 11) is 0. The van der Waals surface area contributed by atoms with Gasteiger partial charge >= 0.3 is 0 Å². The number of aryl methyl sites for hydroxylation is 1. The average molecular weight is 208 g/mol. The lowest BCUT2D eigenvalue weighted by atomic mass is 10.2. The van der Waals surface area contributed by atoms with Gasteiger partial charge in [0.05, 0.1) is 11.2 Å². The maximum absolute atomic E-state index is 4.54. The Morgan fingerprint density at radius 2 is 1.81 bits per heavy atom. The number of hydrogen-bond donors (Lipinski definition) is 0. The molecule has 0 radical (unpaired) electrons. The van der Waals surface area contributed by atoms with Gasteiger partial charge < -0.3 is 0 Å². The zero-order valence-corrected chi connectivity index (χ0v) is 9.09. The van der Waals surface area contributed by atoms with E-state index in [-0.39, 0.29) is 0 Å². The third-order valence-electron chi connectivity index (χ3n) is 2.68. The maximum atomic E-state index is 4.54. The van der Waals surface area contributed by atoms with Crippen LogP contribution in [0.5, 0.6) is 0 Å². The molecule has 0 aliphatic rings. The highest BCUT2D eigenvalue weighted by Gasteiger charge is 2.01.